The SMILES string of the molecule is CC(C)(C)ONC(=O)c1cc(F)cnc1Cl. The second kappa shape index (κ2) is 4.76. The molecule has 0 aliphatic heterocycles. The standard InChI is InChI=1S/C10H12ClFN2O2/c1-10(2,3)16-14-9(15)7-4-6(12)5-13-8(7)11/h4-5H,1-3H3,(H,14,15). The van der Waals surface area contributed by atoms with Crippen LogP contribution in [0.25, 0.3) is 0 Å². The van der Waals surface area contributed by atoms with Crippen LogP contribution in [0, 0.1) is 5.82 Å². The lowest BCUT2D eigenvalue weighted by Gasteiger charge is -2.18. The Morgan fingerprint density at radius 3 is 2.75 bits per heavy atom. The molecule has 0 aliphatic carbocycles. The first kappa shape index (κ1) is 12.9. The lowest BCUT2D eigenvalue weighted by molar-refractivity contribution is -0.0589. The molecule has 0 bridgehead atoms. The average Bonchev–Trinajstić information content (AvgIpc) is 2.17. The van der Waals surface area contributed by atoms with Gasteiger partial charge in [0, 0.05) is 0 Å². The summed E-state index contributed by atoms with van der Waals surface area (Å²) in [6.45, 7) is 5.29. The molecule has 0 saturated carbocycles. The second-order valence-corrected chi connectivity index (χ2v) is 4.50. The molecule has 1 rings (SSSR count). The van der Waals surface area contributed by atoms with E-state index >= 15 is 0 Å². The lowest BCUT2D eigenvalue weighted by atomic mass is 10.2. The molecule has 1 heterocycles. The van der Waals surface area contributed by atoms with Crippen molar-refractivity contribution in [2.45, 2.75) is 26.4 Å². The van der Waals surface area contributed by atoms with E-state index in [1.807, 2.05) is 0 Å². The van der Waals surface area contributed by atoms with Gasteiger partial charge in [-0.3, -0.25) is 9.63 Å². The van der Waals surface area contributed by atoms with Crippen LogP contribution in [0.1, 0.15) is 31.1 Å². The predicted octanol–water partition coefficient (Wildman–Crippen LogP) is 2.33. The molecule has 0 radical (unpaired) electrons. The van der Waals surface area contributed by atoms with Crippen molar-refractivity contribution in [3.8, 4) is 0 Å². The van der Waals surface area contributed by atoms with E-state index < -0.39 is 17.3 Å². The first-order valence-corrected chi connectivity index (χ1v) is 4.97. The number of carbonyl (C=O) groups excluding carboxylic acids is 1. The maximum atomic E-state index is 12.8. The van der Waals surface area contributed by atoms with E-state index in [4.69, 9.17) is 16.4 Å². The van der Waals surface area contributed by atoms with Crippen molar-refractivity contribution in [2.75, 3.05) is 0 Å². The summed E-state index contributed by atoms with van der Waals surface area (Å²) in [7, 11) is 0. The van der Waals surface area contributed by atoms with E-state index in [9.17, 15) is 9.18 Å². The van der Waals surface area contributed by atoms with Gasteiger partial charge in [-0.05, 0) is 26.8 Å². The Kier molecular flexibility index (Phi) is 3.83. The number of carbonyl (C=O) groups is 1. The molecule has 88 valence electrons. The highest BCUT2D eigenvalue weighted by Gasteiger charge is 2.17. The quantitative estimate of drug-likeness (QED) is 0.644. The first-order chi connectivity index (χ1) is 7.29. The summed E-state index contributed by atoms with van der Waals surface area (Å²) < 4.78 is 12.8. The van der Waals surface area contributed by atoms with Crippen molar-refractivity contribution >= 4 is 17.5 Å². The molecule has 0 fully saturated rings. The minimum absolute atomic E-state index is 0.0640. The van der Waals surface area contributed by atoms with Gasteiger partial charge >= 0.3 is 0 Å². The van der Waals surface area contributed by atoms with Crippen molar-refractivity contribution in [3.63, 3.8) is 0 Å². The summed E-state index contributed by atoms with van der Waals surface area (Å²) in [5, 5.41) is -0.0728. The molecule has 0 aromatic carbocycles. The minimum Gasteiger partial charge on any atom is -0.268 e. The van der Waals surface area contributed by atoms with Gasteiger partial charge in [0.25, 0.3) is 5.91 Å². The number of rotatable bonds is 2. The largest absolute Gasteiger partial charge is 0.278 e. The van der Waals surface area contributed by atoms with Gasteiger partial charge in [-0.15, -0.1) is 0 Å². The minimum atomic E-state index is -0.634. The molecule has 1 amide bonds. The van der Waals surface area contributed by atoms with Crippen LogP contribution in [-0.2, 0) is 4.84 Å². The van der Waals surface area contributed by atoms with E-state index in [1.54, 1.807) is 20.8 Å². The topological polar surface area (TPSA) is 51.2 Å². The Bertz CT molecular complexity index is 404. The molecule has 0 saturated heterocycles. The molecular formula is C10H12ClFN2O2. The van der Waals surface area contributed by atoms with Crippen molar-refractivity contribution in [2.24, 2.45) is 0 Å². The third kappa shape index (κ3) is 3.75. The second-order valence-electron chi connectivity index (χ2n) is 4.14. The van der Waals surface area contributed by atoms with Gasteiger partial charge in [-0.1, -0.05) is 11.6 Å². The molecular weight excluding hydrogens is 235 g/mol. The molecule has 1 N–H and O–H groups in total. The zero-order valence-electron chi connectivity index (χ0n) is 9.17. The Hall–Kier alpha value is -1.20. The molecule has 6 heteroatoms. The number of aromatic nitrogens is 1. The van der Waals surface area contributed by atoms with Crippen LogP contribution in [0.2, 0.25) is 5.15 Å². The van der Waals surface area contributed by atoms with E-state index in [0.29, 0.717) is 0 Å². The van der Waals surface area contributed by atoms with E-state index in [2.05, 4.69) is 10.5 Å². The number of amides is 1. The monoisotopic (exact) mass is 246 g/mol. The van der Waals surface area contributed by atoms with Gasteiger partial charge in [0.2, 0.25) is 0 Å². The van der Waals surface area contributed by atoms with Crippen molar-refractivity contribution in [3.05, 3.63) is 28.8 Å². The molecule has 0 atom stereocenters. The average molecular weight is 247 g/mol. The van der Waals surface area contributed by atoms with Crippen LogP contribution in [0.15, 0.2) is 12.3 Å². The maximum Gasteiger partial charge on any atom is 0.278 e. The van der Waals surface area contributed by atoms with Crippen LogP contribution in [-0.4, -0.2) is 16.5 Å². The molecule has 0 unspecified atom stereocenters. The van der Waals surface area contributed by atoms with Gasteiger partial charge in [-0.25, -0.2) is 14.9 Å². The van der Waals surface area contributed by atoms with E-state index in [-0.39, 0.29) is 10.7 Å². The van der Waals surface area contributed by atoms with Crippen LogP contribution in [0.3, 0.4) is 0 Å². The first-order valence-electron chi connectivity index (χ1n) is 4.59. The Labute approximate surface area is 97.7 Å². The van der Waals surface area contributed by atoms with Crippen LogP contribution >= 0.6 is 11.6 Å². The van der Waals surface area contributed by atoms with Gasteiger partial charge in [0.05, 0.1) is 17.4 Å². The number of hydrogen-bond donors (Lipinski definition) is 1. The fraction of sp³-hybridized carbons (Fsp3) is 0.400. The third-order valence-electron chi connectivity index (χ3n) is 1.50. The van der Waals surface area contributed by atoms with Gasteiger partial charge in [-0.2, -0.15) is 0 Å². The molecule has 0 spiro atoms. The summed E-state index contributed by atoms with van der Waals surface area (Å²) in [4.78, 5) is 20.1. The fourth-order valence-corrected chi connectivity index (χ4v) is 1.03. The molecule has 0 aliphatic rings. The molecule has 1 aromatic heterocycles. The maximum absolute atomic E-state index is 12.8. The summed E-state index contributed by atoms with van der Waals surface area (Å²) in [6, 6.07) is 0.997. The molecule has 16 heavy (non-hydrogen) atoms. The van der Waals surface area contributed by atoms with Crippen LogP contribution in [0.5, 0.6) is 0 Å². The van der Waals surface area contributed by atoms with Crippen molar-refractivity contribution in [1.82, 2.24) is 10.5 Å². The number of nitrogens with one attached hydrogen (secondary N) is 1. The fourth-order valence-electron chi connectivity index (χ4n) is 0.836. The number of hydroxylamine groups is 1. The Morgan fingerprint density at radius 1 is 1.56 bits per heavy atom. The number of nitrogens with zero attached hydrogens (tertiary/aromatic N) is 1. The lowest BCUT2D eigenvalue weighted by Crippen LogP contribution is -2.33. The highest BCUT2D eigenvalue weighted by atomic mass is 35.5. The highest BCUT2D eigenvalue weighted by Crippen LogP contribution is 2.14. The van der Waals surface area contributed by atoms with Crippen molar-refractivity contribution < 1.29 is 14.0 Å². The summed E-state index contributed by atoms with van der Waals surface area (Å²) >= 11 is 5.65. The smallest absolute Gasteiger partial charge is 0.268 e. The number of halogens is 2. The number of hydrogen-bond acceptors (Lipinski definition) is 3. The summed E-state index contributed by atoms with van der Waals surface area (Å²) in [5.41, 5.74) is 1.57. The zero-order valence-corrected chi connectivity index (χ0v) is 9.93. The van der Waals surface area contributed by atoms with Gasteiger partial charge in [0.15, 0.2) is 0 Å². The predicted molar refractivity (Wildman–Crippen MR) is 57.5 cm³/mol. The van der Waals surface area contributed by atoms with Crippen molar-refractivity contribution in [1.29, 1.82) is 0 Å². The van der Waals surface area contributed by atoms with Gasteiger partial charge < -0.3 is 0 Å². The van der Waals surface area contributed by atoms with E-state index in [1.165, 1.54) is 0 Å². The normalized spacial score (nSPS) is 11.3. The van der Waals surface area contributed by atoms with Gasteiger partial charge in [0.1, 0.15) is 11.0 Å². The van der Waals surface area contributed by atoms with Crippen LogP contribution in [0.4, 0.5) is 4.39 Å². The van der Waals surface area contributed by atoms with E-state index in [0.717, 1.165) is 12.3 Å². The molecule has 4 nitrogen and oxygen atoms in total. The highest BCUT2D eigenvalue weighted by molar-refractivity contribution is 6.32. The molecule has 1 aromatic rings. The summed E-state index contributed by atoms with van der Waals surface area (Å²) in [6.07, 6.45) is 0.934. The Balaban J connectivity index is 2.77. The number of pyridine rings is 1. The Morgan fingerprint density at radius 2 is 2.19 bits per heavy atom. The third-order valence-corrected chi connectivity index (χ3v) is 1.80. The van der Waals surface area contributed by atoms with Crippen LogP contribution < -0.4 is 5.48 Å². The summed E-state index contributed by atoms with van der Waals surface area (Å²) in [5.74, 6) is -1.27. The zero-order chi connectivity index (χ0) is 12.3.